The van der Waals surface area contributed by atoms with E-state index in [2.05, 4.69) is 20.4 Å². The van der Waals surface area contributed by atoms with Gasteiger partial charge in [0.15, 0.2) is 0 Å². The van der Waals surface area contributed by atoms with Crippen LogP contribution in [0.3, 0.4) is 0 Å². The van der Waals surface area contributed by atoms with Crippen molar-refractivity contribution in [3.05, 3.63) is 69.9 Å². The molecule has 0 unspecified atom stereocenters. The van der Waals surface area contributed by atoms with Gasteiger partial charge in [-0.25, -0.2) is 4.85 Å². The molecule has 2 N–H and O–H groups in total. The summed E-state index contributed by atoms with van der Waals surface area (Å²) in [5, 5.41) is 21.7. The molecule has 1 aromatic heterocycles. The van der Waals surface area contributed by atoms with Gasteiger partial charge in [0.2, 0.25) is 23.4 Å². The van der Waals surface area contributed by atoms with E-state index in [0.29, 0.717) is 40.2 Å². The minimum Gasteiger partial charge on any atom is -0.420 e. The molecule has 0 aliphatic heterocycles. The van der Waals surface area contributed by atoms with E-state index in [-0.39, 0.29) is 5.91 Å². The van der Waals surface area contributed by atoms with Gasteiger partial charge in [-0.15, -0.1) is 10.2 Å². The molecule has 0 aliphatic rings. The van der Waals surface area contributed by atoms with Crippen LogP contribution in [0.2, 0.25) is 5.02 Å². The number of nitrogens with zero attached hydrogens (tertiary/aromatic N) is 3. The number of hydrogen-bond donors (Lipinski definition) is 2. The Balaban J connectivity index is 1.85. The first-order valence-corrected chi connectivity index (χ1v) is 9.73. The van der Waals surface area contributed by atoms with Crippen molar-refractivity contribution in [2.75, 3.05) is 5.32 Å². The van der Waals surface area contributed by atoms with Crippen molar-refractivity contribution in [2.45, 2.75) is 39.2 Å². The van der Waals surface area contributed by atoms with Crippen molar-refractivity contribution in [3.63, 3.8) is 0 Å². The normalized spacial score (nSPS) is 12.8. The molecule has 3 rings (SSSR count). The minimum atomic E-state index is -0.737. The number of carbonyl (C=O) groups excluding carboxylic acids is 1. The van der Waals surface area contributed by atoms with E-state index in [0.717, 1.165) is 11.1 Å². The van der Waals surface area contributed by atoms with E-state index in [1.165, 1.54) is 6.92 Å². The maximum atomic E-state index is 11.1. The average molecular weight is 425 g/mol. The second kappa shape index (κ2) is 9.08. The molecule has 7 nitrogen and oxygen atoms in total. The highest BCUT2D eigenvalue weighted by atomic mass is 35.5. The summed E-state index contributed by atoms with van der Waals surface area (Å²) in [6, 6.07) is 10.5. The summed E-state index contributed by atoms with van der Waals surface area (Å²) in [5.74, 6) is 0.0553. The van der Waals surface area contributed by atoms with E-state index in [9.17, 15) is 9.90 Å². The molecule has 0 saturated carbocycles. The van der Waals surface area contributed by atoms with Gasteiger partial charge < -0.3 is 14.8 Å². The van der Waals surface area contributed by atoms with E-state index < -0.39 is 12.0 Å². The van der Waals surface area contributed by atoms with Crippen LogP contribution in [-0.4, -0.2) is 27.3 Å². The highest BCUT2D eigenvalue weighted by molar-refractivity contribution is 6.34. The summed E-state index contributed by atoms with van der Waals surface area (Å²) in [7, 11) is 0. The molecular formula is C22H21ClN4O3. The van der Waals surface area contributed by atoms with Crippen molar-refractivity contribution in [1.29, 1.82) is 0 Å². The molecule has 0 aliphatic carbocycles. The predicted octanol–water partition coefficient (Wildman–Crippen LogP) is 4.91. The molecule has 0 spiro atoms. The van der Waals surface area contributed by atoms with Gasteiger partial charge in [0.25, 0.3) is 0 Å². The summed E-state index contributed by atoms with van der Waals surface area (Å²) in [4.78, 5) is 14.6. The van der Waals surface area contributed by atoms with Gasteiger partial charge >= 0.3 is 0 Å². The van der Waals surface area contributed by atoms with Crippen molar-refractivity contribution >= 4 is 28.9 Å². The van der Waals surface area contributed by atoms with Gasteiger partial charge in [0.1, 0.15) is 0 Å². The molecule has 0 fully saturated rings. The maximum Gasteiger partial charge on any atom is 0.247 e. The topological polar surface area (TPSA) is 92.6 Å². The maximum absolute atomic E-state index is 11.1. The standard InChI is InChI=1S/C22H21ClN4O3/c1-12-16(7-10-19(24-4)20(12)23)11-18(13(2)28)22-27-26-21(30-22)15-5-8-17(9-6-15)25-14(3)29/h5-10,13,18,28H,11H2,1-3H3,(H,25,29)/t13-,18-/m1/s1. The van der Waals surface area contributed by atoms with Gasteiger partial charge in [0.05, 0.1) is 23.6 Å². The van der Waals surface area contributed by atoms with Crippen LogP contribution in [0.25, 0.3) is 16.3 Å². The van der Waals surface area contributed by atoms with E-state index in [1.807, 2.05) is 13.0 Å². The number of aliphatic hydroxyl groups is 1. The number of benzene rings is 2. The molecule has 0 bridgehead atoms. The van der Waals surface area contributed by atoms with Crippen LogP contribution < -0.4 is 5.32 Å². The van der Waals surface area contributed by atoms with E-state index in [1.54, 1.807) is 37.3 Å². The minimum absolute atomic E-state index is 0.151. The Morgan fingerprint density at radius 1 is 1.27 bits per heavy atom. The molecule has 0 radical (unpaired) electrons. The number of aliphatic hydroxyl groups excluding tert-OH is 1. The van der Waals surface area contributed by atoms with Crippen molar-refractivity contribution in [1.82, 2.24) is 10.2 Å². The lowest BCUT2D eigenvalue weighted by Gasteiger charge is -2.18. The summed E-state index contributed by atoms with van der Waals surface area (Å²) >= 11 is 6.28. The molecule has 8 heteroatoms. The van der Waals surface area contributed by atoms with Gasteiger partial charge in [-0.1, -0.05) is 23.7 Å². The molecule has 154 valence electrons. The van der Waals surface area contributed by atoms with Crippen LogP contribution in [0.5, 0.6) is 0 Å². The van der Waals surface area contributed by atoms with Crippen molar-refractivity contribution in [2.24, 2.45) is 0 Å². The van der Waals surface area contributed by atoms with Gasteiger partial charge in [0, 0.05) is 18.2 Å². The Morgan fingerprint density at radius 2 is 1.97 bits per heavy atom. The summed E-state index contributed by atoms with van der Waals surface area (Å²) in [6.45, 7) is 12.1. The van der Waals surface area contributed by atoms with Gasteiger partial charge in [-0.05, 0) is 55.7 Å². The number of nitrogens with one attached hydrogen (secondary N) is 1. The second-order valence-electron chi connectivity index (χ2n) is 7.05. The van der Waals surface area contributed by atoms with Gasteiger partial charge in [-0.2, -0.15) is 0 Å². The molecule has 1 heterocycles. The summed E-state index contributed by atoms with van der Waals surface area (Å²) < 4.78 is 5.85. The van der Waals surface area contributed by atoms with Crippen molar-refractivity contribution in [3.8, 4) is 11.5 Å². The lowest BCUT2D eigenvalue weighted by molar-refractivity contribution is -0.114. The lowest BCUT2D eigenvalue weighted by Crippen LogP contribution is -2.18. The fourth-order valence-corrected chi connectivity index (χ4v) is 3.35. The molecule has 3 aromatic rings. The zero-order chi connectivity index (χ0) is 21.8. The van der Waals surface area contributed by atoms with Crippen LogP contribution in [0, 0.1) is 13.5 Å². The molecule has 30 heavy (non-hydrogen) atoms. The number of anilines is 1. The smallest absolute Gasteiger partial charge is 0.247 e. The van der Waals surface area contributed by atoms with Crippen LogP contribution in [0.1, 0.15) is 36.8 Å². The highest BCUT2D eigenvalue weighted by Gasteiger charge is 2.26. The number of halogens is 1. The third-order valence-electron chi connectivity index (χ3n) is 4.83. The quantitative estimate of drug-likeness (QED) is 0.548. The van der Waals surface area contributed by atoms with Crippen LogP contribution in [-0.2, 0) is 11.2 Å². The Morgan fingerprint density at radius 3 is 2.57 bits per heavy atom. The first kappa shape index (κ1) is 21.5. The number of hydrogen-bond acceptors (Lipinski definition) is 5. The molecular weight excluding hydrogens is 404 g/mol. The van der Waals surface area contributed by atoms with Crippen LogP contribution in [0.4, 0.5) is 11.4 Å². The predicted molar refractivity (Wildman–Crippen MR) is 115 cm³/mol. The summed E-state index contributed by atoms with van der Waals surface area (Å²) in [5.41, 5.74) is 3.46. The molecule has 1 amide bonds. The van der Waals surface area contributed by atoms with Crippen LogP contribution in [0.15, 0.2) is 40.8 Å². The number of aromatic nitrogens is 2. The Labute approximate surface area is 179 Å². The van der Waals surface area contributed by atoms with Crippen LogP contribution >= 0.6 is 11.6 Å². The fourth-order valence-electron chi connectivity index (χ4n) is 3.12. The fraction of sp³-hybridized carbons (Fsp3) is 0.273. The second-order valence-corrected chi connectivity index (χ2v) is 7.43. The van der Waals surface area contributed by atoms with Crippen molar-refractivity contribution < 1.29 is 14.3 Å². The zero-order valence-corrected chi connectivity index (χ0v) is 17.6. The number of carbonyl (C=O) groups is 1. The molecule has 2 atom stereocenters. The highest BCUT2D eigenvalue weighted by Crippen LogP contribution is 2.34. The third-order valence-corrected chi connectivity index (χ3v) is 5.31. The SMILES string of the molecule is [C-]#[N+]c1ccc(C[C@@H](c2nnc(-c3ccc(NC(C)=O)cc3)o2)[C@@H](C)O)c(C)c1Cl. The number of amides is 1. The monoisotopic (exact) mass is 424 g/mol. The zero-order valence-electron chi connectivity index (χ0n) is 16.8. The lowest BCUT2D eigenvalue weighted by atomic mass is 9.92. The Bertz CT molecular complexity index is 1100. The number of rotatable bonds is 6. The average Bonchev–Trinajstić information content (AvgIpc) is 3.18. The molecule has 0 saturated heterocycles. The first-order chi connectivity index (χ1) is 14.3. The Hall–Kier alpha value is -3.21. The molecule has 2 aromatic carbocycles. The van der Waals surface area contributed by atoms with E-state index >= 15 is 0 Å². The first-order valence-electron chi connectivity index (χ1n) is 9.35. The Kier molecular flexibility index (Phi) is 6.50. The summed E-state index contributed by atoms with van der Waals surface area (Å²) in [6.07, 6.45) is -0.302. The largest absolute Gasteiger partial charge is 0.420 e. The van der Waals surface area contributed by atoms with E-state index in [4.69, 9.17) is 22.6 Å². The van der Waals surface area contributed by atoms with Gasteiger partial charge in [-0.3, -0.25) is 4.79 Å². The third kappa shape index (κ3) is 4.67.